The minimum absolute atomic E-state index is 0.00892. The molecular formula is C53H72N8O8. The topological polar surface area (TPSA) is 179 Å². The predicted molar refractivity (Wildman–Crippen MR) is 265 cm³/mol. The molecule has 5 heterocycles. The Morgan fingerprint density at radius 3 is 2.46 bits per heavy atom. The second-order valence-electron chi connectivity index (χ2n) is 20.6. The molecule has 0 saturated carbocycles. The minimum atomic E-state index is -1.16. The number of methoxy groups -OCH3 is 1. The van der Waals surface area contributed by atoms with Crippen molar-refractivity contribution in [1.29, 1.82) is 0 Å². The normalized spacial score (nSPS) is 21.2. The number of carbonyl (C=O) groups is 5. The number of ether oxygens (including phenoxy) is 2. The summed E-state index contributed by atoms with van der Waals surface area (Å²) in [6.07, 6.45) is 3.45. The maximum atomic E-state index is 14.8. The lowest BCUT2D eigenvalue weighted by Gasteiger charge is -2.37. The van der Waals surface area contributed by atoms with Crippen LogP contribution in [0.1, 0.15) is 90.7 Å². The third-order valence-corrected chi connectivity index (χ3v) is 14.3. The van der Waals surface area contributed by atoms with Gasteiger partial charge in [-0.15, -0.1) is 0 Å². The number of amides is 4. The molecule has 3 aliphatic heterocycles. The summed E-state index contributed by atoms with van der Waals surface area (Å²) in [6, 6.07) is 12.2. The molecule has 2 aromatic carbocycles. The number of hydrogen-bond donors (Lipinski definition) is 3. The Balaban J connectivity index is 1.28. The number of aromatic nitrogens is 2. The van der Waals surface area contributed by atoms with E-state index >= 15 is 0 Å². The zero-order chi connectivity index (χ0) is 50.1. The van der Waals surface area contributed by atoms with Crippen molar-refractivity contribution in [2.24, 2.45) is 17.3 Å². The summed E-state index contributed by atoms with van der Waals surface area (Å²) in [5.41, 5.74) is 9.55. The Morgan fingerprint density at radius 2 is 1.77 bits per heavy atom. The fraction of sp³-hybridized carbons (Fsp3) is 0.547. The van der Waals surface area contributed by atoms with E-state index in [1.165, 1.54) is 9.91 Å². The largest absolute Gasteiger partial charge is 0.508 e. The number of fused-ring (bicyclic) bond motifs is 6. The summed E-state index contributed by atoms with van der Waals surface area (Å²) in [7, 11) is 6.96. The first kappa shape index (κ1) is 51.0. The second kappa shape index (κ2) is 21.0. The first-order valence-electron chi connectivity index (χ1n) is 24.5. The monoisotopic (exact) mass is 949 g/mol. The van der Waals surface area contributed by atoms with Gasteiger partial charge in [0.2, 0.25) is 17.7 Å². The van der Waals surface area contributed by atoms with Crippen LogP contribution in [0.3, 0.4) is 0 Å². The van der Waals surface area contributed by atoms with E-state index < -0.39 is 47.2 Å². The number of hydrazine groups is 1. The van der Waals surface area contributed by atoms with Crippen molar-refractivity contribution in [3.63, 3.8) is 0 Å². The highest BCUT2D eigenvalue weighted by Crippen LogP contribution is 2.42. The molecule has 2 saturated heterocycles. The number of phenols is 1. The third kappa shape index (κ3) is 10.8. The van der Waals surface area contributed by atoms with Gasteiger partial charge >= 0.3 is 5.97 Å². The van der Waals surface area contributed by atoms with Crippen LogP contribution >= 0.6 is 0 Å². The Morgan fingerprint density at radius 1 is 1.01 bits per heavy atom. The number of carbonyl (C=O) groups excluding carboxylic acids is 5. The van der Waals surface area contributed by atoms with E-state index in [9.17, 15) is 29.1 Å². The number of benzene rings is 2. The van der Waals surface area contributed by atoms with Gasteiger partial charge in [-0.05, 0) is 125 Å². The number of rotatable bonds is 11. The summed E-state index contributed by atoms with van der Waals surface area (Å²) in [5, 5.41) is 16.8. The van der Waals surface area contributed by atoms with Crippen molar-refractivity contribution in [3.8, 4) is 28.1 Å². The van der Waals surface area contributed by atoms with Crippen molar-refractivity contribution in [1.82, 2.24) is 40.0 Å². The molecular weight excluding hydrogens is 877 g/mol. The zero-order valence-corrected chi connectivity index (χ0v) is 42.3. The highest BCUT2D eigenvalue weighted by Gasteiger charge is 2.41. The van der Waals surface area contributed by atoms with Gasteiger partial charge in [0.05, 0.1) is 36.1 Å². The number of phenolic OH excluding ortho intramolecular Hbond substituents is 1. The number of likely N-dealkylation sites (tertiary alicyclic amines) is 1. The van der Waals surface area contributed by atoms with Crippen molar-refractivity contribution in [2.75, 3.05) is 54.5 Å². The maximum absolute atomic E-state index is 14.8. The summed E-state index contributed by atoms with van der Waals surface area (Å²) >= 11 is 0. The van der Waals surface area contributed by atoms with Gasteiger partial charge in [-0.1, -0.05) is 39.8 Å². The number of hydrogen-bond acceptors (Lipinski definition) is 11. The SMILES string of the molecule is CCn1c(-c2cccnc2[C@H](C)OC)c2c3cc(ccc31)-c1cc(O)cc(c1)C[C@H](NC(=O)[C@H](C(C)C)N(C)C(=O)[C@H]1CCN(C(=O)[C@H](C)N(C)C)C1)C(=O)N1CCC[C@H](N1)C(=O)OCC(C)(C)C2. The van der Waals surface area contributed by atoms with E-state index in [1.807, 2.05) is 64.9 Å². The molecule has 0 radical (unpaired) electrons. The maximum Gasteiger partial charge on any atom is 0.324 e. The van der Waals surface area contributed by atoms with Crippen molar-refractivity contribution in [3.05, 3.63) is 71.5 Å². The highest BCUT2D eigenvalue weighted by molar-refractivity contribution is 5.96. The number of nitrogens with one attached hydrogen (secondary N) is 2. The summed E-state index contributed by atoms with van der Waals surface area (Å²) in [5.74, 6) is -2.62. The molecule has 0 unspecified atom stereocenters. The lowest BCUT2D eigenvalue weighted by atomic mass is 9.84. The van der Waals surface area contributed by atoms with Crippen molar-refractivity contribution in [2.45, 2.75) is 117 Å². The fourth-order valence-corrected chi connectivity index (χ4v) is 10.3. The molecule has 372 valence electrons. The van der Waals surface area contributed by atoms with Gasteiger partial charge in [0.25, 0.3) is 5.91 Å². The van der Waals surface area contributed by atoms with Crippen LogP contribution in [0.4, 0.5) is 0 Å². The quantitative estimate of drug-likeness (QED) is 0.156. The molecule has 3 aliphatic rings. The van der Waals surface area contributed by atoms with E-state index in [4.69, 9.17) is 14.5 Å². The number of likely N-dealkylation sites (N-methyl/N-ethyl adjacent to an activating group) is 2. The molecule has 6 atom stereocenters. The second-order valence-corrected chi connectivity index (χ2v) is 20.6. The van der Waals surface area contributed by atoms with Crippen LogP contribution in [-0.4, -0.2) is 143 Å². The van der Waals surface area contributed by atoms with E-state index in [0.717, 1.165) is 44.5 Å². The van der Waals surface area contributed by atoms with Crippen LogP contribution in [0.2, 0.25) is 0 Å². The number of pyridine rings is 1. The van der Waals surface area contributed by atoms with Gasteiger partial charge in [-0.25, -0.2) is 5.43 Å². The van der Waals surface area contributed by atoms with Gasteiger partial charge in [-0.3, -0.25) is 38.9 Å². The van der Waals surface area contributed by atoms with Crippen LogP contribution in [0.15, 0.2) is 54.7 Å². The molecule has 4 aromatic rings. The molecule has 0 aliphatic carbocycles. The van der Waals surface area contributed by atoms with Gasteiger partial charge in [0.1, 0.15) is 23.9 Å². The predicted octanol–water partition coefficient (Wildman–Crippen LogP) is 5.73. The number of cyclic esters (lactones) is 1. The number of aryl methyl sites for hydroxylation is 1. The average Bonchev–Trinajstić information content (AvgIpc) is 3.94. The smallest absolute Gasteiger partial charge is 0.324 e. The molecule has 0 spiro atoms. The van der Waals surface area contributed by atoms with Crippen LogP contribution < -0.4 is 10.7 Å². The molecule has 7 rings (SSSR count). The standard InChI is InChI=1S/C53H72N8O8/c1-12-60-44-18-17-35-27-40(44)41(47(60)39-15-13-20-54-45(39)33(5)68-11)28-53(6,7)30-69-52(67)42-16-14-21-61(56-42)51(66)43(25-34-23-37(35)26-38(62)24-34)55-48(63)46(31(2)3)58(10)50(65)36-19-22-59(29-36)49(64)32(4)57(8)9/h13,15,17-18,20,23-24,26-27,31-33,36,42-43,46,56,62H,12,14,16,19,21-22,25,28-30H2,1-11H3,(H,55,63)/t32-,33-,36-,42-,43-,46-/m0/s1. The Bertz CT molecular complexity index is 2570. The molecule has 3 N–H and O–H groups in total. The van der Waals surface area contributed by atoms with E-state index in [1.54, 1.807) is 37.4 Å². The van der Waals surface area contributed by atoms with Gasteiger partial charge in [-0.2, -0.15) is 0 Å². The molecule has 16 heteroatoms. The van der Waals surface area contributed by atoms with Crippen LogP contribution in [0.5, 0.6) is 5.75 Å². The fourth-order valence-electron chi connectivity index (χ4n) is 10.3. The lowest BCUT2D eigenvalue weighted by Crippen LogP contribution is -2.62. The third-order valence-electron chi connectivity index (χ3n) is 14.3. The van der Waals surface area contributed by atoms with E-state index in [0.29, 0.717) is 44.3 Å². The number of aromatic hydroxyl groups is 1. The summed E-state index contributed by atoms with van der Waals surface area (Å²) in [4.78, 5) is 80.5. The molecule has 16 nitrogen and oxygen atoms in total. The molecule has 6 bridgehead atoms. The summed E-state index contributed by atoms with van der Waals surface area (Å²) in [6.45, 7) is 15.5. The van der Waals surface area contributed by atoms with E-state index in [-0.39, 0.29) is 61.7 Å². The lowest BCUT2D eigenvalue weighted by molar-refractivity contribution is -0.155. The van der Waals surface area contributed by atoms with Gasteiger partial charge < -0.3 is 34.3 Å². The molecule has 2 fully saturated rings. The van der Waals surface area contributed by atoms with E-state index in [2.05, 4.69) is 54.3 Å². The highest BCUT2D eigenvalue weighted by atomic mass is 16.5. The van der Waals surface area contributed by atoms with Crippen molar-refractivity contribution < 1.29 is 38.6 Å². The van der Waals surface area contributed by atoms with Crippen LogP contribution in [-0.2, 0) is 52.8 Å². The van der Waals surface area contributed by atoms with Crippen LogP contribution in [0, 0.1) is 17.3 Å². The van der Waals surface area contributed by atoms with Gasteiger partial charge in [0, 0.05) is 74.8 Å². The average molecular weight is 949 g/mol. The molecule has 69 heavy (non-hydrogen) atoms. The Kier molecular flexibility index (Phi) is 15.5. The van der Waals surface area contributed by atoms with Crippen LogP contribution in [0.25, 0.3) is 33.3 Å². The van der Waals surface area contributed by atoms with Crippen molar-refractivity contribution >= 4 is 40.5 Å². The first-order valence-corrected chi connectivity index (χ1v) is 24.5. The zero-order valence-electron chi connectivity index (χ0n) is 42.3. The molecule has 2 aromatic heterocycles. The number of esters is 1. The van der Waals surface area contributed by atoms with Gasteiger partial charge in [0.15, 0.2) is 0 Å². The Hall–Kier alpha value is -5.84. The first-order chi connectivity index (χ1) is 32.7. The number of nitrogens with zero attached hydrogens (tertiary/aromatic N) is 6. The summed E-state index contributed by atoms with van der Waals surface area (Å²) < 4.78 is 14.2. The Labute approximate surface area is 406 Å². The molecule has 4 amide bonds. The minimum Gasteiger partial charge on any atom is -0.508 e.